The van der Waals surface area contributed by atoms with E-state index in [1.807, 2.05) is 30.3 Å². The fourth-order valence-corrected chi connectivity index (χ4v) is 1.47. The lowest BCUT2D eigenvalue weighted by Crippen LogP contribution is -2.02. The third kappa shape index (κ3) is 2.56. The number of aliphatic hydroxyl groups is 1. The van der Waals surface area contributed by atoms with Crippen LogP contribution in [0.25, 0.3) is 5.57 Å². The predicted molar refractivity (Wildman–Crippen MR) is 61.5 cm³/mol. The highest BCUT2D eigenvalue weighted by atomic mass is 16.3. The molecule has 0 aliphatic carbocycles. The summed E-state index contributed by atoms with van der Waals surface area (Å²) >= 11 is 0. The third-order valence-corrected chi connectivity index (χ3v) is 2.14. The van der Waals surface area contributed by atoms with Crippen LogP contribution in [-0.2, 0) is 4.79 Å². The number of aliphatic hydroxyl groups excluding tert-OH is 1. The number of allylic oxidation sites excluding steroid dienone is 3. The minimum atomic E-state index is -0.177. The molecule has 0 radical (unpaired) electrons. The average molecular weight is 202 g/mol. The van der Waals surface area contributed by atoms with Gasteiger partial charge in [0.05, 0.1) is 5.57 Å². The number of hydrogen-bond donors (Lipinski definition) is 1. The smallest absolute Gasteiger partial charge is 0.163 e. The van der Waals surface area contributed by atoms with Crippen LogP contribution in [0.5, 0.6) is 0 Å². The van der Waals surface area contributed by atoms with Crippen molar-refractivity contribution in [1.29, 1.82) is 0 Å². The maximum atomic E-state index is 11.3. The van der Waals surface area contributed by atoms with E-state index >= 15 is 0 Å². The number of rotatable bonds is 3. The Balaban J connectivity index is 3.15. The van der Waals surface area contributed by atoms with Gasteiger partial charge in [0.25, 0.3) is 0 Å². The first kappa shape index (κ1) is 11.2. The molecule has 2 heteroatoms. The van der Waals surface area contributed by atoms with Crippen molar-refractivity contribution in [1.82, 2.24) is 0 Å². The van der Waals surface area contributed by atoms with Crippen molar-refractivity contribution in [3.63, 3.8) is 0 Å². The molecule has 0 bridgehead atoms. The van der Waals surface area contributed by atoms with E-state index in [1.165, 1.54) is 13.8 Å². The molecule has 1 N–H and O–H groups in total. The molecule has 0 aromatic heterocycles. The summed E-state index contributed by atoms with van der Waals surface area (Å²) in [5.74, 6) is -0.166. The number of Topliss-reactive ketones (excluding diaryl/α,β-unsaturated/α-hetero) is 1. The van der Waals surface area contributed by atoms with E-state index in [2.05, 4.69) is 6.58 Å². The minimum Gasteiger partial charge on any atom is -0.512 e. The van der Waals surface area contributed by atoms with E-state index in [-0.39, 0.29) is 11.5 Å². The number of carbonyl (C=O) groups excluding carboxylic acids is 1. The highest BCUT2D eigenvalue weighted by molar-refractivity contribution is 6.08. The van der Waals surface area contributed by atoms with E-state index < -0.39 is 0 Å². The topological polar surface area (TPSA) is 37.3 Å². The maximum absolute atomic E-state index is 11.3. The van der Waals surface area contributed by atoms with Crippen molar-refractivity contribution in [3.05, 3.63) is 53.8 Å². The van der Waals surface area contributed by atoms with Crippen molar-refractivity contribution in [3.8, 4) is 0 Å². The molecule has 0 amide bonds. The van der Waals surface area contributed by atoms with Gasteiger partial charge in [0.15, 0.2) is 5.78 Å². The van der Waals surface area contributed by atoms with Crippen molar-refractivity contribution in [2.75, 3.05) is 0 Å². The van der Waals surface area contributed by atoms with E-state index in [9.17, 15) is 9.90 Å². The summed E-state index contributed by atoms with van der Waals surface area (Å²) in [5, 5.41) is 9.41. The van der Waals surface area contributed by atoms with Crippen LogP contribution in [0.15, 0.2) is 48.2 Å². The molecule has 0 aliphatic heterocycles. The van der Waals surface area contributed by atoms with Crippen LogP contribution < -0.4 is 0 Å². The molecule has 0 saturated heterocycles. The number of benzene rings is 1. The highest BCUT2D eigenvalue weighted by Gasteiger charge is 2.13. The normalized spacial score (nSPS) is 11.9. The maximum Gasteiger partial charge on any atom is 0.163 e. The predicted octanol–water partition coefficient (Wildman–Crippen LogP) is 3.12. The van der Waals surface area contributed by atoms with Crippen molar-refractivity contribution in [2.45, 2.75) is 13.8 Å². The SMILES string of the molecule is C=C(/C(C(C)=O)=C(/C)O)c1ccccc1. The van der Waals surface area contributed by atoms with Gasteiger partial charge in [-0.05, 0) is 25.0 Å². The summed E-state index contributed by atoms with van der Waals surface area (Å²) in [6.45, 7) is 6.74. The lowest BCUT2D eigenvalue weighted by atomic mass is 9.96. The molecule has 0 spiro atoms. The number of ketones is 1. The molecule has 2 nitrogen and oxygen atoms in total. The summed E-state index contributed by atoms with van der Waals surface area (Å²) < 4.78 is 0. The van der Waals surface area contributed by atoms with Gasteiger partial charge in [0, 0.05) is 0 Å². The Morgan fingerprint density at radius 3 is 2.13 bits per heavy atom. The molecule has 0 heterocycles. The molecule has 15 heavy (non-hydrogen) atoms. The number of carbonyl (C=O) groups is 1. The van der Waals surface area contributed by atoms with Crippen LogP contribution in [0.3, 0.4) is 0 Å². The first-order valence-corrected chi connectivity index (χ1v) is 4.69. The van der Waals surface area contributed by atoms with E-state index in [0.717, 1.165) is 5.56 Å². The zero-order chi connectivity index (χ0) is 11.4. The second-order valence-corrected chi connectivity index (χ2v) is 3.36. The zero-order valence-corrected chi connectivity index (χ0v) is 8.95. The molecule has 0 unspecified atom stereocenters. The van der Waals surface area contributed by atoms with Gasteiger partial charge in [-0.15, -0.1) is 0 Å². The number of hydrogen-bond acceptors (Lipinski definition) is 2. The van der Waals surface area contributed by atoms with E-state index in [4.69, 9.17) is 0 Å². The molecule has 1 aromatic carbocycles. The van der Waals surface area contributed by atoms with Gasteiger partial charge in [0.2, 0.25) is 0 Å². The monoisotopic (exact) mass is 202 g/mol. The summed E-state index contributed by atoms with van der Waals surface area (Å²) in [6.07, 6.45) is 0. The minimum absolute atomic E-state index is 0.0105. The van der Waals surface area contributed by atoms with Gasteiger partial charge < -0.3 is 5.11 Å². The van der Waals surface area contributed by atoms with Crippen molar-refractivity contribution >= 4 is 11.4 Å². The average Bonchev–Trinajstić information content (AvgIpc) is 2.18. The van der Waals surface area contributed by atoms with Gasteiger partial charge in [-0.3, -0.25) is 4.79 Å². The molecular weight excluding hydrogens is 188 g/mol. The molecule has 0 aliphatic rings. The standard InChI is InChI=1S/C13H14O2/c1-9(12-7-5-4-6-8-12)13(10(2)14)11(3)15/h4-8,14H,1H2,2-3H3/b13-10+. The quantitative estimate of drug-likeness (QED) is 0.464. The van der Waals surface area contributed by atoms with Crippen LogP contribution in [0.1, 0.15) is 19.4 Å². The molecule has 1 rings (SSSR count). The summed E-state index contributed by atoms with van der Waals surface area (Å²) in [5.41, 5.74) is 1.69. The van der Waals surface area contributed by atoms with Gasteiger partial charge >= 0.3 is 0 Å². The lowest BCUT2D eigenvalue weighted by molar-refractivity contribution is -0.113. The Bertz CT molecular complexity index is 409. The molecule has 0 fully saturated rings. The Morgan fingerprint density at radius 2 is 1.73 bits per heavy atom. The first-order chi connectivity index (χ1) is 7.04. The molecule has 1 aromatic rings. The molecule has 0 saturated carbocycles. The fourth-order valence-electron chi connectivity index (χ4n) is 1.47. The van der Waals surface area contributed by atoms with Crippen molar-refractivity contribution in [2.24, 2.45) is 0 Å². The Kier molecular flexibility index (Phi) is 3.45. The van der Waals surface area contributed by atoms with E-state index in [1.54, 1.807) is 0 Å². The van der Waals surface area contributed by atoms with Crippen LogP contribution >= 0.6 is 0 Å². The Hall–Kier alpha value is -1.83. The van der Waals surface area contributed by atoms with Crippen LogP contribution in [-0.4, -0.2) is 10.9 Å². The zero-order valence-electron chi connectivity index (χ0n) is 8.95. The van der Waals surface area contributed by atoms with Crippen LogP contribution in [0.4, 0.5) is 0 Å². The lowest BCUT2D eigenvalue weighted by Gasteiger charge is -2.08. The summed E-state index contributed by atoms with van der Waals surface area (Å²) in [4.78, 5) is 11.3. The molecule has 0 atom stereocenters. The fraction of sp³-hybridized carbons (Fsp3) is 0.154. The van der Waals surface area contributed by atoms with Gasteiger partial charge in [-0.1, -0.05) is 36.9 Å². The Labute approximate surface area is 89.6 Å². The Morgan fingerprint density at radius 1 is 1.20 bits per heavy atom. The largest absolute Gasteiger partial charge is 0.512 e. The van der Waals surface area contributed by atoms with Crippen LogP contribution in [0.2, 0.25) is 0 Å². The van der Waals surface area contributed by atoms with Crippen LogP contribution in [0, 0.1) is 0 Å². The molecular formula is C13H14O2. The summed E-state index contributed by atoms with van der Waals surface area (Å²) in [6, 6.07) is 9.33. The molecule has 78 valence electrons. The van der Waals surface area contributed by atoms with Gasteiger partial charge in [-0.25, -0.2) is 0 Å². The highest BCUT2D eigenvalue weighted by Crippen LogP contribution is 2.23. The second-order valence-electron chi connectivity index (χ2n) is 3.36. The second kappa shape index (κ2) is 4.60. The van der Waals surface area contributed by atoms with E-state index in [0.29, 0.717) is 11.1 Å². The first-order valence-electron chi connectivity index (χ1n) is 4.69. The van der Waals surface area contributed by atoms with Gasteiger partial charge in [-0.2, -0.15) is 0 Å². The third-order valence-electron chi connectivity index (χ3n) is 2.14. The summed E-state index contributed by atoms with van der Waals surface area (Å²) in [7, 11) is 0. The van der Waals surface area contributed by atoms with Crippen molar-refractivity contribution < 1.29 is 9.90 Å². The van der Waals surface area contributed by atoms with Gasteiger partial charge in [0.1, 0.15) is 5.76 Å².